The zero-order chi connectivity index (χ0) is 94.1. The van der Waals surface area contributed by atoms with Crippen LogP contribution in [0.1, 0.15) is 41.5 Å². The van der Waals surface area contributed by atoms with E-state index in [1.165, 1.54) is 20.8 Å². The minimum absolute atomic E-state index is 0.901. The van der Waals surface area contributed by atoms with Gasteiger partial charge in [0.2, 0.25) is 17.7 Å². The van der Waals surface area contributed by atoms with Crippen LogP contribution < -0.4 is 16.0 Å². The van der Waals surface area contributed by atoms with Gasteiger partial charge in [-0.05, 0) is 20.8 Å². The van der Waals surface area contributed by atoms with Gasteiger partial charge in [0.05, 0.1) is 71.2 Å². The SMILES string of the molecule is CC(=O)N[C@H]1[C@H](O[C@H]2[C@@H](O)[C@@H](CO)O[C@@H](O[C@H]3[C@H](O[C@@H]4O[C@@H](C)[C@@H](O)[C@@H](O)[C@@H]4O)[C@@H](NC(C)=O)[C@H](OC[C@H]4O[C@@H](O[C@H]5[C@H](O)[C@@H](O)C(O)O[C@@H]5CO)[C@H](O)[C@@H](O[C@@H]5O[C@H](CO)[C@@H](O[C@@H]6O[C@H](CO)[C@H](O)[C@H](O)[C@H]6O)[C@H](O[C@@H]6O[C@@H](C)[C@@H](O)[C@@H](O)[C@@H]6O)[C@H]5NC(C)=O)[C@H]4O)O[C@@H]3CO)[C@@H]2O)O[C@H](CO)[C@@H](O[C@@H]2O[C@@H](C)[C@@H](O)[C@H](O)[C@@H]2O)[C@@H]1O[C@@H]1O[C@H](CO)[C@H](O)[C@H](O)[C@H]1O. The van der Waals surface area contributed by atoms with Gasteiger partial charge in [0.1, 0.15) is 250 Å². The van der Waals surface area contributed by atoms with Gasteiger partial charge in [-0.1, -0.05) is 0 Å². The number of amides is 3. The Labute approximate surface area is 725 Å². The lowest BCUT2D eigenvalue weighted by Crippen LogP contribution is -2.72. The Balaban J connectivity index is 0.936. The lowest BCUT2D eigenvalue weighted by atomic mass is 9.93. The Morgan fingerprint density at radius 1 is 0.219 bits per heavy atom. The Morgan fingerprint density at radius 3 is 0.773 bits per heavy atom. The molecule has 0 aromatic heterocycles. The molecule has 56 heteroatoms. The van der Waals surface area contributed by atoms with E-state index in [9.17, 15) is 162 Å². The van der Waals surface area contributed by atoms with Crippen molar-refractivity contribution in [2.75, 3.05) is 52.9 Å². The molecule has 0 aromatic rings. The summed E-state index contributed by atoms with van der Waals surface area (Å²) in [5.41, 5.74) is 0. The number of carbonyl (C=O) groups is 3. The second-order valence-corrected chi connectivity index (χ2v) is 33.0. The van der Waals surface area contributed by atoms with Crippen molar-refractivity contribution in [2.24, 2.45) is 0 Å². The molecule has 128 heavy (non-hydrogen) atoms. The van der Waals surface area contributed by atoms with Gasteiger partial charge in [0.25, 0.3) is 0 Å². The summed E-state index contributed by atoms with van der Waals surface area (Å²) < 4.78 is 127. The molecule has 0 saturated carbocycles. The molecule has 11 heterocycles. The molecule has 56 nitrogen and oxygen atoms in total. The van der Waals surface area contributed by atoms with Gasteiger partial charge in [-0.25, -0.2) is 0 Å². The standard InChI is InChI=1S/C72H121N3O53/c1-15-32(86)39(93)46(100)66(109-15)121-55-26(12-81)117-64(31(75-20(6)85)59(55)126-70-50(104)43(97)36(90)22(8-77)114-70)127-60-37(91)23(9-78)115-71(51(60)105)123-54-25(11-80)116-63(29(73-18(4)83)57(54)124-67-47(101)40(94)33(87)16(2)110-67)108-14-28-38(92)61(52(106)72(119-28)120-53-24(10-79)112-62(107)45(99)44(53)98)128-65-30(74-19(5)84)58(125-68-48(102)41(95)34(88)17(3)111-68)56(27(13-82)118-65)122-69-49(103)42(96)35(89)21(7-76)113-69/h15-17,21-72,76-82,86-107H,7-14H2,1-6H3,(H,73,83)(H,74,84)(H,75,85)/t15-,16-,17-,21+,22+,23+,24+,25+,26+,27+,28+,29+,30+,31+,32+,33+,34+,35-,36-,37-,38-,39-,40+,41+,42-,43-,44+,45+,46-,47-,48-,49+,50+,51+,52+,53+,54+,55+,56+,57+,58+,59+,60-,61-,62?,63+,64-,65-,66-,67-,68-,69-,70-,71-,72-/m0/s1. The molecule has 0 radical (unpaired) electrons. The maximum atomic E-state index is 13.8. The van der Waals surface area contributed by atoms with Crippen molar-refractivity contribution < 1.29 is 262 Å². The van der Waals surface area contributed by atoms with Gasteiger partial charge >= 0.3 is 0 Å². The Kier molecular flexibility index (Phi) is 37.0. The van der Waals surface area contributed by atoms with E-state index < -0.39 is 408 Å². The van der Waals surface area contributed by atoms with E-state index >= 15 is 0 Å². The summed E-state index contributed by atoms with van der Waals surface area (Å²) in [6.45, 7) is -2.94. The quantitative estimate of drug-likeness (QED) is 0.0306. The van der Waals surface area contributed by atoms with Gasteiger partial charge in [0, 0.05) is 20.8 Å². The summed E-state index contributed by atoms with van der Waals surface area (Å²) in [7, 11) is 0. The van der Waals surface area contributed by atoms with Crippen molar-refractivity contribution in [3.8, 4) is 0 Å². The van der Waals surface area contributed by atoms with E-state index in [1.807, 2.05) is 0 Å². The summed E-state index contributed by atoms with van der Waals surface area (Å²) in [6, 6.07) is -6.14. The topological polar surface area (TPSA) is 868 Å². The highest BCUT2D eigenvalue weighted by atomic mass is 16.8. The molecule has 742 valence electrons. The molecule has 0 spiro atoms. The number of hydrogen-bond acceptors (Lipinski definition) is 53. The summed E-state index contributed by atoms with van der Waals surface area (Å²) in [5.74, 6) is -3.07. The van der Waals surface area contributed by atoms with Crippen LogP contribution in [0.3, 0.4) is 0 Å². The molecule has 3 amide bonds. The number of ether oxygens (including phenoxy) is 21. The minimum Gasteiger partial charge on any atom is -0.394 e. The van der Waals surface area contributed by atoms with Gasteiger partial charge in [0.15, 0.2) is 69.2 Å². The first-order valence-corrected chi connectivity index (χ1v) is 41.2. The van der Waals surface area contributed by atoms with Crippen molar-refractivity contribution in [3.05, 3.63) is 0 Å². The predicted molar refractivity (Wildman–Crippen MR) is 393 cm³/mol. The highest BCUT2D eigenvalue weighted by Crippen LogP contribution is 2.43. The van der Waals surface area contributed by atoms with Gasteiger partial charge < -0.3 is 264 Å². The summed E-state index contributed by atoms with van der Waals surface area (Å²) >= 11 is 0. The van der Waals surface area contributed by atoms with Crippen LogP contribution in [0.25, 0.3) is 0 Å². The molecule has 11 fully saturated rings. The number of hydrogen-bond donors (Lipinski definition) is 32. The smallest absolute Gasteiger partial charge is 0.217 e. The third-order valence-corrected chi connectivity index (χ3v) is 24.1. The molecule has 11 saturated heterocycles. The van der Waals surface area contributed by atoms with Crippen LogP contribution in [0, 0.1) is 0 Å². The fraction of sp³-hybridized carbons (Fsp3) is 0.958. The molecule has 0 aromatic carbocycles. The third-order valence-electron chi connectivity index (χ3n) is 24.1. The van der Waals surface area contributed by atoms with Crippen LogP contribution in [0.5, 0.6) is 0 Å². The normalized spacial score (nSPS) is 51.6. The number of carbonyl (C=O) groups excluding carboxylic acids is 3. The molecule has 11 aliphatic rings. The molecule has 11 rings (SSSR count). The maximum absolute atomic E-state index is 13.8. The van der Waals surface area contributed by atoms with E-state index in [4.69, 9.17) is 99.5 Å². The Bertz CT molecular complexity index is 3460. The molecular formula is C72H121N3O53. The molecule has 55 atom stereocenters. The van der Waals surface area contributed by atoms with Crippen LogP contribution in [0.2, 0.25) is 0 Å². The maximum Gasteiger partial charge on any atom is 0.217 e. The molecule has 0 bridgehead atoms. The van der Waals surface area contributed by atoms with E-state index in [0.717, 1.165) is 20.8 Å². The van der Waals surface area contributed by atoms with Crippen molar-refractivity contribution in [1.82, 2.24) is 16.0 Å². The second kappa shape index (κ2) is 45.1. The summed E-state index contributed by atoms with van der Waals surface area (Å²) in [5, 5.41) is 331. The van der Waals surface area contributed by atoms with Crippen LogP contribution in [-0.4, -0.2) is 556 Å². The number of aliphatic hydroxyl groups excluding tert-OH is 29. The highest BCUT2D eigenvalue weighted by Gasteiger charge is 2.63. The van der Waals surface area contributed by atoms with Gasteiger partial charge in [-0.3, -0.25) is 14.4 Å². The van der Waals surface area contributed by atoms with Crippen molar-refractivity contribution in [3.63, 3.8) is 0 Å². The zero-order valence-corrected chi connectivity index (χ0v) is 69.2. The molecule has 32 N–H and O–H groups in total. The number of rotatable bonds is 31. The lowest BCUT2D eigenvalue weighted by Gasteiger charge is -2.52. The summed E-state index contributed by atoms with van der Waals surface area (Å²) in [4.78, 5) is 40.8. The third kappa shape index (κ3) is 22.5. The average Bonchev–Trinajstić information content (AvgIpc) is 0.759. The molecule has 1 unspecified atom stereocenters. The first-order valence-electron chi connectivity index (χ1n) is 41.2. The fourth-order valence-electron chi connectivity index (χ4n) is 16.9. The molecule has 0 aliphatic carbocycles. The largest absolute Gasteiger partial charge is 0.394 e. The van der Waals surface area contributed by atoms with Crippen LogP contribution in [0.4, 0.5) is 0 Å². The van der Waals surface area contributed by atoms with E-state index in [-0.39, 0.29) is 0 Å². The van der Waals surface area contributed by atoms with E-state index in [1.54, 1.807) is 0 Å². The van der Waals surface area contributed by atoms with Crippen molar-refractivity contribution in [2.45, 2.75) is 379 Å². The van der Waals surface area contributed by atoms with Crippen LogP contribution in [-0.2, 0) is 114 Å². The van der Waals surface area contributed by atoms with Crippen molar-refractivity contribution >= 4 is 17.7 Å². The Hall–Kier alpha value is -3.59. The minimum atomic E-state index is -2.53. The van der Waals surface area contributed by atoms with E-state index in [0.29, 0.717) is 0 Å². The highest BCUT2D eigenvalue weighted by molar-refractivity contribution is 5.74. The first kappa shape index (κ1) is 105. The summed E-state index contributed by atoms with van der Waals surface area (Å²) in [6.07, 6.45) is -108. The number of nitrogens with one attached hydrogen (secondary N) is 3. The average molecular weight is 1880 g/mol. The van der Waals surface area contributed by atoms with Crippen LogP contribution >= 0.6 is 0 Å². The van der Waals surface area contributed by atoms with Crippen molar-refractivity contribution in [1.29, 1.82) is 0 Å². The molecular weight excluding hydrogens is 1750 g/mol. The zero-order valence-electron chi connectivity index (χ0n) is 69.2. The Morgan fingerprint density at radius 2 is 0.453 bits per heavy atom. The first-order chi connectivity index (χ1) is 60.5. The molecule has 11 aliphatic heterocycles. The predicted octanol–water partition coefficient (Wildman–Crippen LogP) is -21.5. The number of aliphatic hydroxyl groups is 29. The second-order valence-electron chi connectivity index (χ2n) is 33.0. The van der Waals surface area contributed by atoms with Gasteiger partial charge in [-0.2, -0.15) is 0 Å². The fourth-order valence-corrected chi connectivity index (χ4v) is 16.9. The van der Waals surface area contributed by atoms with Gasteiger partial charge in [-0.15, -0.1) is 0 Å². The lowest BCUT2D eigenvalue weighted by molar-refractivity contribution is -0.397. The monoisotopic (exact) mass is 1880 g/mol. The van der Waals surface area contributed by atoms with E-state index in [2.05, 4.69) is 16.0 Å². The van der Waals surface area contributed by atoms with Crippen LogP contribution in [0.15, 0.2) is 0 Å².